The molecule has 0 bridgehead atoms. The van der Waals surface area contributed by atoms with Gasteiger partial charge in [-0.3, -0.25) is 0 Å². The standard InChI is InChI=1S/C44H26O/c1-2-10-29(11-3-1)41-33-15-4-5-16-34(33)42(44-36-18-9-13-28-12-8-17-35(40(28)36)43(41)44)30-22-20-27(21-23-30)31-24-25-39-37(26-31)32-14-6-7-19-38(32)45-39/h1-26H. The Balaban J connectivity index is 1.23. The summed E-state index contributed by atoms with van der Waals surface area (Å²) in [5.41, 5.74) is 14.6. The third-order valence-corrected chi connectivity index (χ3v) is 9.61. The van der Waals surface area contributed by atoms with Crippen LogP contribution in [0.25, 0.3) is 99.1 Å². The maximum Gasteiger partial charge on any atom is 0.135 e. The largest absolute Gasteiger partial charge is 0.456 e. The average molecular weight is 571 g/mol. The van der Waals surface area contributed by atoms with Crippen LogP contribution in [-0.2, 0) is 0 Å². The molecule has 1 aromatic heterocycles. The van der Waals surface area contributed by atoms with Crippen LogP contribution < -0.4 is 0 Å². The van der Waals surface area contributed by atoms with Crippen LogP contribution in [0.3, 0.4) is 0 Å². The van der Waals surface area contributed by atoms with Crippen LogP contribution in [0.5, 0.6) is 0 Å². The zero-order valence-corrected chi connectivity index (χ0v) is 24.4. The minimum Gasteiger partial charge on any atom is -0.456 e. The molecule has 9 aromatic rings. The summed E-state index contributed by atoms with van der Waals surface area (Å²) in [4.78, 5) is 0. The molecule has 0 radical (unpaired) electrons. The van der Waals surface area contributed by atoms with Gasteiger partial charge in [0.1, 0.15) is 11.2 Å². The van der Waals surface area contributed by atoms with E-state index in [1.807, 2.05) is 12.1 Å². The molecular formula is C44H26O. The Kier molecular flexibility index (Phi) is 5.06. The Morgan fingerprint density at radius 1 is 0.311 bits per heavy atom. The van der Waals surface area contributed by atoms with Crippen LogP contribution in [0.2, 0.25) is 0 Å². The second kappa shape index (κ2) is 9.29. The molecule has 0 unspecified atom stereocenters. The zero-order valence-electron chi connectivity index (χ0n) is 24.4. The Labute approximate surface area is 260 Å². The second-order valence-electron chi connectivity index (χ2n) is 12.0. The van der Waals surface area contributed by atoms with Gasteiger partial charge < -0.3 is 4.42 Å². The maximum atomic E-state index is 6.10. The fraction of sp³-hybridized carbons (Fsp3) is 0. The van der Waals surface area contributed by atoms with Crippen LogP contribution in [0.4, 0.5) is 0 Å². The van der Waals surface area contributed by atoms with E-state index in [1.54, 1.807) is 0 Å². The highest BCUT2D eigenvalue weighted by Gasteiger charge is 2.30. The number of benzene rings is 8. The van der Waals surface area contributed by atoms with Crippen LogP contribution in [-0.4, -0.2) is 0 Å². The summed E-state index contributed by atoms with van der Waals surface area (Å²) < 4.78 is 6.10. The molecule has 1 heterocycles. The summed E-state index contributed by atoms with van der Waals surface area (Å²) in [6.45, 7) is 0. The van der Waals surface area contributed by atoms with E-state index in [0.717, 1.165) is 21.9 Å². The van der Waals surface area contributed by atoms with Gasteiger partial charge in [-0.15, -0.1) is 0 Å². The summed E-state index contributed by atoms with van der Waals surface area (Å²) >= 11 is 0. The lowest BCUT2D eigenvalue weighted by atomic mass is 9.82. The smallest absolute Gasteiger partial charge is 0.135 e. The molecule has 0 saturated heterocycles. The zero-order chi connectivity index (χ0) is 29.5. The molecule has 0 saturated carbocycles. The van der Waals surface area contributed by atoms with E-state index in [4.69, 9.17) is 4.42 Å². The fourth-order valence-corrected chi connectivity index (χ4v) is 7.67. The average Bonchev–Trinajstić information content (AvgIpc) is 3.64. The molecule has 0 atom stereocenters. The quantitative estimate of drug-likeness (QED) is 0.206. The lowest BCUT2D eigenvalue weighted by Crippen LogP contribution is -1.93. The van der Waals surface area contributed by atoms with Gasteiger partial charge in [0.15, 0.2) is 0 Å². The molecule has 1 nitrogen and oxygen atoms in total. The first-order chi connectivity index (χ1) is 22.3. The second-order valence-corrected chi connectivity index (χ2v) is 12.0. The Morgan fingerprint density at radius 3 is 1.53 bits per heavy atom. The van der Waals surface area contributed by atoms with Crippen LogP contribution in [0.15, 0.2) is 162 Å². The van der Waals surface area contributed by atoms with Crippen molar-refractivity contribution in [3.8, 4) is 55.6 Å². The summed E-state index contributed by atoms with van der Waals surface area (Å²) in [7, 11) is 0. The van der Waals surface area contributed by atoms with Gasteiger partial charge in [-0.1, -0.05) is 140 Å². The molecule has 1 heteroatoms. The van der Waals surface area contributed by atoms with Crippen molar-refractivity contribution in [2.45, 2.75) is 0 Å². The van der Waals surface area contributed by atoms with E-state index in [-0.39, 0.29) is 0 Å². The molecule has 0 aliphatic heterocycles. The molecule has 0 N–H and O–H groups in total. The van der Waals surface area contributed by atoms with Gasteiger partial charge in [0.2, 0.25) is 0 Å². The van der Waals surface area contributed by atoms with Gasteiger partial charge in [-0.2, -0.15) is 0 Å². The summed E-state index contributed by atoms with van der Waals surface area (Å²) in [5.74, 6) is 0. The first-order valence-corrected chi connectivity index (χ1v) is 15.5. The highest BCUT2D eigenvalue weighted by molar-refractivity contribution is 6.27. The van der Waals surface area contributed by atoms with E-state index < -0.39 is 0 Å². The number of rotatable bonds is 3. The van der Waals surface area contributed by atoms with Crippen molar-refractivity contribution in [3.63, 3.8) is 0 Å². The molecule has 1 aliphatic carbocycles. The molecule has 0 amide bonds. The monoisotopic (exact) mass is 570 g/mol. The first-order valence-electron chi connectivity index (χ1n) is 15.5. The van der Waals surface area contributed by atoms with Crippen LogP contribution in [0.1, 0.15) is 0 Å². The van der Waals surface area contributed by atoms with Crippen LogP contribution in [0, 0.1) is 0 Å². The van der Waals surface area contributed by atoms with Gasteiger partial charge in [0.25, 0.3) is 0 Å². The van der Waals surface area contributed by atoms with Crippen molar-refractivity contribution in [2.24, 2.45) is 0 Å². The van der Waals surface area contributed by atoms with Gasteiger partial charge in [-0.25, -0.2) is 0 Å². The summed E-state index contributed by atoms with van der Waals surface area (Å²) in [6.07, 6.45) is 0. The molecule has 10 rings (SSSR count). The number of hydrogen-bond acceptors (Lipinski definition) is 1. The number of furan rings is 1. The van der Waals surface area contributed by atoms with E-state index in [1.165, 1.54) is 77.2 Å². The van der Waals surface area contributed by atoms with Crippen molar-refractivity contribution < 1.29 is 4.42 Å². The third kappa shape index (κ3) is 3.50. The normalized spacial score (nSPS) is 12.0. The SMILES string of the molecule is c1ccc(-c2c3c(c(-c4ccc(-c5ccc6oc7ccccc7c6c5)cc4)c4ccccc24)-c2cccc4cccc-3c24)cc1. The Hall–Kier alpha value is -5.92. The maximum absolute atomic E-state index is 6.10. The van der Waals surface area contributed by atoms with Crippen molar-refractivity contribution in [1.29, 1.82) is 0 Å². The predicted molar refractivity (Wildman–Crippen MR) is 189 cm³/mol. The predicted octanol–water partition coefficient (Wildman–Crippen LogP) is 12.5. The van der Waals surface area contributed by atoms with E-state index in [9.17, 15) is 0 Å². The number of fused-ring (bicyclic) bond motifs is 7. The molecule has 45 heavy (non-hydrogen) atoms. The molecule has 0 fully saturated rings. The molecular weight excluding hydrogens is 544 g/mol. The Bertz CT molecular complexity index is 2620. The minimum atomic E-state index is 0.922. The fourth-order valence-electron chi connectivity index (χ4n) is 7.67. The van der Waals surface area contributed by atoms with E-state index in [0.29, 0.717) is 0 Å². The number of para-hydroxylation sites is 1. The lowest BCUT2D eigenvalue weighted by molar-refractivity contribution is 0.669. The molecule has 1 aliphatic rings. The minimum absolute atomic E-state index is 0.922. The third-order valence-electron chi connectivity index (χ3n) is 9.61. The van der Waals surface area contributed by atoms with Crippen molar-refractivity contribution in [1.82, 2.24) is 0 Å². The highest BCUT2D eigenvalue weighted by Crippen LogP contribution is 2.57. The molecule has 0 spiro atoms. The first kappa shape index (κ1) is 24.5. The van der Waals surface area contributed by atoms with Gasteiger partial charge in [-0.05, 0) is 95.4 Å². The van der Waals surface area contributed by atoms with Crippen LogP contribution >= 0.6 is 0 Å². The van der Waals surface area contributed by atoms with E-state index in [2.05, 4.69) is 146 Å². The van der Waals surface area contributed by atoms with Crippen molar-refractivity contribution in [2.75, 3.05) is 0 Å². The highest BCUT2D eigenvalue weighted by atomic mass is 16.3. The molecule has 8 aromatic carbocycles. The topological polar surface area (TPSA) is 13.1 Å². The van der Waals surface area contributed by atoms with Gasteiger partial charge in [0.05, 0.1) is 0 Å². The number of hydrogen-bond donors (Lipinski definition) is 0. The van der Waals surface area contributed by atoms with Crippen molar-refractivity contribution in [3.05, 3.63) is 158 Å². The van der Waals surface area contributed by atoms with Crippen molar-refractivity contribution >= 4 is 43.5 Å². The molecule has 208 valence electrons. The Morgan fingerprint density at radius 2 is 0.844 bits per heavy atom. The van der Waals surface area contributed by atoms with E-state index >= 15 is 0 Å². The lowest BCUT2D eigenvalue weighted by Gasteiger charge is -2.20. The summed E-state index contributed by atoms with van der Waals surface area (Å²) in [6, 6.07) is 57.3. The van der Waals surface area contributed by atoms with Gasteiger partial charge in [0, 0.05) is 10.8 Å². The van der Waals surface area contributed by atoms with Gasteiger partial charge >= 0.3 is 0 Å². The summed E-state index contributed by atoms with van der Waals surface area (Å²) in [5, 5.41) is 7.50.